The van der Waals surface area contributed by atoms with Crippen molar-refractivity contribution < 1.29 is 234 Å². The molecule has 112 heavy (non-hydrogen) atoms. The predicted molar refractivity (Wildman–Crippen MR) is 340 cm³/mol. The fraction of sp³-hybridized carbons (Fsp3) is 0.933. The molecule has 0 radical (unpaired) electrons. The number of aliphatic hydroxyl groups is 22. The SMILES string of the molecule is CC(=O)N[C@H]1[C@@H](O[C@@H]2[C@H](O)[C@@H](O)[C@H](O[C@@H]3[C@H](O[C@@H]4O[C@H](CO)[C@H](O)[C@H](O[C@@H]5O[C@H](C(=O)O)[C@@H](O)[C@H](O)[C@H]5O)[C@H]4O)[C@@H](O[C@@H]4O[C@@H](C)[C@@H](O)[C@@H](O)[C@@H]4O)[C@H](O[C@H]4[C@@H](O)[C@@H](CO[C@@H]5O[C@H](COS(=O)(=O)O)[C@@H](O)[C@H](O[C@@H]6O[C@@H](C)[C@@H](O)[C@@H](O)[C@@H]6O)[C@H]5NC(C)=O)OC(O)[C@@H]4NC(C)=O)O[C@@H]3CO)O[C@@H]2CO)O[C@H](CO)[C@H](O)[C@@H]1O. The average molecular weight is 1660 g/mol. The minimum Gasteiger partial charge on any atom is -0.479 e. The van der Waals surface area contributed by atoms with Gasteiger partial charge in [-0.25, -0.2) is 8.98 Å². The molecule has 9 aliphatic rings. The first-order valence-corrected chi connectivity index (χ1v) is 36.4. The van der Waals surface area contributed by atoms with Crippen LogP contribution in [0, 0.1) is 0 Å². The maximum absolute atomic E-state index is 13.2. The second-order valence-electron chi connectivity index (χ2n) is 28.0. The highest BCUT2D eigenvalue weighted by molar-refractivity contribution is 7.80. The molecule has 9 fully saturated rings. The van der Waals surface area contributed by atoms with Crippen LogP contribution in [0.15, 0.2) is 0 Å². The monoisotopic (exact) mass is 1660 g/mol. The van der Waals surface area contributed by atoms with Crippen molar-refractivity contribution in [3.8, 4) is 0 Å². The number of hydrogen-bond donors (Lipinski definition) is 27. The molecule has 9 heterocycles. The topological polar surface area (TPSA) is 790 Å². The lowest BCUT2D eigenvalue weighted by Crippen LogP contribution is -2.71. The maximum atomic E-state index is 13.2. The van der Waals surface area contributed by atoms with E-state index < -0.39 is 350 Å². The number of ether oxygens (including phenoxy) is 17. The molecule has 0 saturated carbocycles. The fourth-order valence-corrected chi connectivity index (χ4v) is 14.4. The minimum atomic E-state index is -5.37. The Hall–Kier alpha value is -3.81. The summed E-state index contributed by atoms with van der Waals surface area (Å²) in [7, 11) is -5.37. The number of aliphatic carboxylic acids is 1. The van der Waals surface area contributed by atoms with Gasteiger partial charge in [-0.3, -0.25) is 18.9 Å². The Bertz CT molecular complexity index is 3170. The van der Waals surface area contributed by atoms with Gasteiger partial charge in [-0.2, -0.15) is 8.42 Å². The Morgan fingerprint density at radius 3 is 1.23 bits per heavy atom. The lowest BCUT2D eigenvalue weighted by Gasteiger charge is -2.53. The first-order valence-electron chi connectivity index (χ1n) is 35.0. The number of carboxylic acid groups (broad SMARTS) is 1. The molecule has 0 bridgehead atoms. The summed E-state index contributed by atoms with van der Waals surface area (Å²) >= 11 is 0. The summed E-state index contributed by atoms with van der Waals surface area (Å²) in [6, 6.07) is -5.70. The quantitative estimate of drug-likeness (QED) is 0.0324. The third-order valence-corrected chi connectivity index (χ3v) is 20.5. The molecule has 0 aromatic heterocycles. The minimum absolute atomic E-state index is 0.848. The first-order chi connectivity index (χ1) is 52.6. The third kappa shape index (κ3) is 20.5. The van der Waals surface area contributed by atoms with Gasteiger partial charge in [0.25, 0.3) is 0 Å². The lowest BCUT2D eigenvalue weighted by atomic mass is 9.93. The molecule has 0 aromatic rings. The third-order valence-electron chi connectivity index (χ3n) is 20.0. The molecule has 0 spiro atoms. The second kappa shape index (κ2) is 38.9. The van der Waals surface area contributed by atoms with Crippen LogP contribution in [-0.4, -0.2) is 470 Å². The van der Waals surface area contributed by atoms with Crippen molar-refractivity contribution in [1.29, 1.82) is 0 Å². The molecule has 1 unspecified atom stereocenters. The van der Waals surface area contributed by atoms with Gasteiger partial charge < -0.3 is 214 Å². The lowest BCUT2D eigenvalue weighted by molar-refractivity contribution is -0.420. The molecule has 9 aliphatic heterocycles. The van der Waals surface area contributed by atoms with Crippen LogP contribution in [0.25, 0.3) is 0 Å². The highest BCUT2D eigenvalue weighted by Gasteiger charge is 2.62. The molecule has 27 N–H and O–H groups in total. The Morgan fingerprint density at radius 2 is 0.696 bits per heavy atom. The van der Waals surface area contributed by atoms with E-state index in [0.29, 0.717) is 0 Å². The van der Waals surface area contributed by atoms with Crippen LogP contribution in [-0.2, 0) is 114 Å². The molecule has 648 valence electrons. The van der Waals surface area contributed by atoms with Gasteiger partial charge in [0, 0.05) is 20.8 Å². The van der Waals surface area contributed by atoms with E-state index in [1.54, 1.807) is 0 Å². The van der Waals surface area contributed by atoms with Gasteiger partial charge in [0.1, 0.15) is 201 Å². The number of carbonyl (C=O) groups excluding carboxylic acids is 3. The fourth-order valence-electron chi connectivity index (χ4n) is 14.1. The van der Waals surface area contributed by atoms with Crippen molar-refractivity contribution in [3.63, 3.8) is 0 Å². The van der Waals surface area contributed by atoms with Gasteiger partial charge in [-0.15, -0.1) is 0 Å². The van der Waals surface area contributed by atoms with Gasteiger partial charge >= 0.3 is 16.4 Å². The molecular formula is C60H99N3O48S. The number of carboxylic acids is 1. The second-order valence-corrected chi connectivity index (χ2v) is 29.1. The van der Waals surface area contributed by atoms with E-state index in [1.165, 1.54) is 6.92 Å². The molecule has 3 amide bonds. The Labute approximate surface area is 633 Å². The number of nitrogens with one attached hydrogen (secondary N) is 3. The summed E-state index contributed by atoms with van der Waals surface area (Å²) < 4.78 is 139. The average Bonchev–Trinajstić information content (AvgIpc) is 0.755. The number of rotatable bonds is 28. The number of amides is 3. The smallest absolute Gasteiger partial charge is 0.397 e. The number of hydrogen-bond acceptors (Lipinski definition) is 46. The van der Waals surface area contributed by atoms with Crippen LogP contribution < -0.4 is 16.0 Å². The summed E-state index contributed by atoms with van der Waals surface area (Å²) in [5, 5.41) is 264. The summed E-state index contributed by atoms with van der Waals surface area (Å²) in [6.45, 7) is -2.22. The number of aliphatic hydroxyl groups excluding tert-OH is 22. The normalized spacial score (nSPS) is 49.1. The Balaban J connectivity index is 1.12. The van der Waals surface area contributed by atoms with Crippen LogP contribution >= 0.6 is 0 Å². The molecule has 52 heteroatoms. The van der Waals surface area contributed by atoms with E-state index in [-0.39, 0.29) is 0 Å². The largest absolute Gasteiger partial charge is 0.479 e. The summed E-state index contributed by atoms with van der Waals surface area (Å²) in [4.78, 5) is 50.7. The van der Waals surface area contributed by atoms with Crippen molar-refractivity contribution in [2.75, 3.05) is 39.6 Å². The molecule has 51 nitrogen and oxygen atoms in total. The number of carbonyl (C=O) groups is 4. The van der Waals surface area contributed by atoms with Crippen LogP contribution in [0.1, 0.15) is 34.6 Å². The maximum Gasteiger partial charge on any atom is 0.397 e. The van der Waals surface area contributed by atoms with Crippen molar-refractivity contribution in [2.24, 2.45) is 0 Å². The molecular weight excluding hydrogens is 1560 g/mol. The van der Waals surface area contributed by atoms with Gasteiger partial charge in [-0.1, -0.05) is 0 Å². The standard InChI is InChI=1S/C60H99N3O48S/c1-12-26(71)33(78)38(83)55(96-12)106-46-25(63-16(5)70)53(103-22(31(46)76)11-95-112(91,92)93)94-10-21-30(75)45(24(52(90)98-21)62-15(4)69)107-60-50(111-56-39(84)34(79)27(72)13(2)97-56)49(110-59-42(87)47(29(74)18(7-65)100-59)108-58-40(85)35(80)36(81)48(109-58)51(88)89)44(20(9-67)102-60)105-57-41(86)37(82)43(19(8-66)101-57)104-54-23(61-14(3)68)32(77)28(73)17(6-64)99-54/h12-13,17-50,52-60,64-67,71-87,90H,6-11H2,1-5H3,(H,61,68)(H,62,69)(H,63,70)(H,88,89)(H,91,92,93)/t12-,13-,17+,18+,19+,20+,21+,22+,23+,24+,25+,26+,27+,28-,29-,30-,31+,32+,33+,34+,35-,36-,37+,38-,39-,40+,41+,42+,43-,44-,45+,46+,47-,48-,49-,50+,52?,53+,54+,55-,56-,57-,58+,59-,60-/m0/s1. The first kappa shape index (κ1) is 92.1. The molecule has 9 rings (SSSR count). The van der Waals surface area contributed by atoms with E-state index in [4.69, 9.17) is 80.5 Å². The summed E-state index contributed by atoms with van der Waals surface area (Å²) in [6.07, 6.45) is -92.4. The zero-order valence-electron chi connectivity index (χ0n) is 59.7. The van der Waals surface area contributed by atoms with Gasteiger partial charge in [0.15, 0.2) is 62.7 Å². The zero-order chi connectivity index (χ0) is 82.9. The highest BCUT2D eigenvalue weighted by Crippen LogP contribution is 2.41. The summed E-state index contributed by atoms with van der Waals surface area (Å²) in [5.74, 6) is -4.78. The van der Waals surface area contributed by atoms with Crippen LogP contribution in [0.4, 0.5) is 0 Å². The van der Waals surface area contributed by atoms with Crippen LogP contribution in [0.3, 0.4) is 0 Å². The van der Waals surface area contributed by atoms with Crippen molar-refractivity contribution in [3.05, 3.63) is 0 Å². The summed E-state index contributed by atoms with van der Waals surface area (Å²) in [5.41, 5.74) is 0. The zero-order valence-corrected chi connectivity index (χ0v) is 60.5. The molecule has 45 atom stereocenters. The van der Waals surface area contributed by atoms with Gasteiger partial charge in [0.05, 0.1) is 51.8 Å². The molecule has 0 aromatic carbocycles. The predicted octanol–water partition coefficient (Wildman–Crippen LogP) is -18.2. The van der Waals surface area contributed by atoms with E-state index in [1.807, 2.05) is 0 Å². The van der Waals surface area contributed by atoms with E-state index in [2.05, 4.69) is 20.1 Å². The van der Waals surface area contributed by atoms with Crippen LogP contribution in [0.5, 0.6) is 0 Å². The van der Waals surface area contributed by atoms with Crippen molar-refractivity contribution in [1.82, 2.24) is 16.0 Å². The molecule has 0 aliphatic carbocycles. The van der Waals surface area contributed by atoms with E-state index >= 15 is 0 Å². The highest BCUT2D eigenvalue weighted by atomic mass is 32.3. The molecule has 9 saturated heterocycles. The van der Waals surface area contributed by atoms with E-state index in [9.17, 15) is 150 Å². The van der Waals surface area contributed by atoms with Crippen molar-refractivity contribution in [2.45, 2.75) is 311 Å². The van der Waals surface area contributed by atoms with E-state index in [0.717, 1.165) is 27.7 Å². The Morgan fingerprint density at radius 1 is 0.321 bits per heavy atom. The van der Waals surface area contributed by atoms with Crippen molar-refractivity contribution >= 4 is 34.1 Å². The van der Waals surface area contributed by atoms with Crippen LogP contribution in [0.2, 0.25) is 0 Å². The van der Waals surface area contributed by atoms with Gasteiger partial charge in [0.2, 0.25) is 17.7 Å². The Kier molecular flexibility index (Phi) is 32.0. The van der Waals surface area contributed by atoms with Gasteiger partial charge in [-0.05, 0) is 13.8 Å².